The van der Waals surface area contributed by atoms with Gasteiger partial charge in [-0.1, -0.05) is 0 Å². The Balaban J connectivity index is 2.08. The highest BCUT2D eigenvalue weighted by atomic mass is 16.6. The maximum absolute atomic E-state index is 11.9. The molecule has 0 radical (unpaired) electrons. The number of anilines is 1. The molecule has 8 heteroatoms. The number of aromatic nitrogens is 1. The van der Waals surface area contributed by atoms with Crippen molar-refractivity contribution >= 4 is 17.7 Å². The van der Waals surface area contributed by atoms with Gasteiger partial charge in [0, 0.05) is 25.4 Å². The van der Waals surface area contributed by atoms with Gasteiger partial charge in [0.15, 0.2) is 0 Å². The fourth-order valence-corrected chi connectivity index (χ4v) is 2.54. The molecule has 0 aliphatic carbocycles. The van der Waals surface area contributed by atoms with Gasteiger partial charge in [0.1, 0.15) is 11.2 Å². The average molecular weight is 337 g/mol. The Morgan fingerprint density at radius 2 is 2.12 bits per heavy atom. The molecule has 0 spiro atoms. The number of carboxylic acids is 1. The monoisotopic (exact) mass is 337 g/mol. The minimum Gasteiger partial charge on any atom is -0.481 e. The third-order valence-electron chi connectivity index (χ3n) is 3.55. The number of nitrogens with one attached hydrogen (secondary N) is 1. The van der Waals surface area contributed by atoms with Crippen LogP contribution in [0, 0.1) is 0 Å². The van der Waals surface area contributed by atoms with Crippen LogP contribution in [-0.4, -0.2) is 54.0 Å². The molecule has 132 valence electrons. The van der Waals surface area contributed by atoms with Crippen molar-refractivity contribution in [1.82, 2.24) is 10.3 Å². The van der Waals surface area contributed by atoms with E-state index in [0.717, 1.165) is 0 Å². The first kappa shape index (κ1) is 17.8. The van der Waals surface area contributed by atoms with E-state index in [2.05, 4.69) is 10.3 Å². The summed E-state index contributed by atoms with van der Waals surface area (Å²) in [6, 6.07) is 1.49. The smallest absolute Gasteiger partial charge is 0.407 e. The number of alkyl carbamates (subject to hydrolysis) is 1. The molecule has 2 rings (SSSR count). The summed E-state index contributed by atoms with van der Waals surface area (Å²) in [6.07, 6.45) is 1.51. The first-order chi connectivity index (χ1) is 11.2. The summed E-state index contributed by atoms with van der Waals surface area (Å²) in [7, 11) is 1.48. The number of carbonyl (C=O) groups is 2. The molecule has 0 bridgehead atoms. The first-order valence-electron chi connectivity index (χ1n) is 7.71. The minimum atomic E-state index is -1.05. The highest BCUT2D eigenvalue weighted by molar-refractivity contribution is 5.94. The molecule has 24 heavy (non-hydrogen) atoms. The summed E-state index contributed by atoms with van der Waals surface area (Å²) in [6.45, 7) is 6.52. The van der Waals surface area contributed by atoms with Gasteiger partial charge in [-0.3, -0.25) is 0 Å². The van der Waals surface area contributed by atoms with Gasteiger partial charge in [0.25, 0.3) is 0 Å². The normalized spacial score (nSPS) is 17.5. The number of methoxy groups -OCH3 is 1. The quantitative estimate of drug-likeness (QED) is 0.865. The molecule has 1 atom stereocenters. The van der Waals surface area contributed by atoms with E-state index in [1.165, 1.54) is 13.3 Å². The number of rotatable bonds is 4. The fraction of sp³-hybridized carbons (Fsp3) is 0.562. The Morgan fingerprint density at radius 1 is 1.42 bits per heavy atom. The van der Waals surface area contributed by atoms with E-state index in [9.17, 15) is 14.7 Å². The molecule has 1 fully saturated rings. The molecule has 1 aromatic rings. The molecule has 2 N–H and O–H groups in total. The van der Waals surface area contributed by atoms with Crippen molar-refractivity contribution in [2.75, 3.05) is 25.1 Å². The molecular weight excluding hydrogens is 314 g/mol. The third kappa shape index (κ3) is 4.50. The first-order valence-corrected chi connectivity index (χ1v) is 7.71. The highest BCUT2D eigenvalue weighted by Gasteiger charge is 2.29. The summed E-state index contributed by atoms with van der Waals surface area (Å²) >= 11 is 0. The van der Waals surface area contributed by atoms with Crippen molar-refractivity contribution in [1.29, 1.82) is 0 Å². The predicted octanol–water partition coefficient (Wildman–Crippen LogP) is 1.89. The van der Waals surface area contributed by atoms with Crippen molar-refractivity contribution < 1.29 is 24.2 Å². The van der Waals surface area contributed by atoms with Gasteiger partial charge < -0.3 is 24.8 Å². The number of hydrogen-bond donors (Lipinski definition) is 2. The topological polar surface area (TPSA) is 101 Å². The van der Waals surface area contributed by atoms with Crippen LogP contribution in [0.15, 0.2) is 12.3 Å². The van der Waals surface area contributed by atoms with Crippen molar-refractivity contribution in [3.8, 4) is 5.88 Å². The number of pyridine rings is 1. The lowest BCUT2D eigenvalue weighted by Crippen LogP contribution is -2.40. The van der Waals surface area contributed by atoms with Gasteiger partial charge >= 0.3 is 12.1 Å². The van der Waals surface area contributed by atoms with Crippen molar-refractivity contribution in [3.63, 3.8) is 0 Å². The van der Waals surface area contributed by atoms with E-state index < -0.39 is 17.7 Å². The van der Waals surface area contributed by atoms with Crippen LogP contribution in [0.1, 0.15) is 37.6 Å². The lowest BCUT2D eigenvalue weighted by Gasteiger charge is -2.23. The zero-order valence-corrected chi connectivity index (χ0v) is 14.3. The molecule has 1 amide bonds. The number of carbonyl (C=O) groups excluding carboxylic acids is 1. The van der Waals surface area contributed by atoms with Gasteiger partial charge in [-0.25, -0.2) is 14.6 Å². The van der Waals surface area contributed by atoms with Gasteiger partial charge in [-0.2, -0.15) is 0 Å². The molecule has 2 heterocycles. The van der Waals surface area contributed by atoms with Gasteiger partial charge in [0.2, 0.25) is 5.88 Å². The van der Waals surface area contributed by atoms with Crippen molar-refractivity contribution in [3.05, 3.63) is 17.8 Å². The zero-order valence-electron chi connectivity index (χ0n) is 14.3. The SMILES string of the molecule is COc1cc(N2CCC(NC(=O)OC(C)(C)C)C2)c(C(=O)O)cn1. The number of aromatic carboxylic acids is 1. The molecular formula is C16H23N3O5. The molecule has 1 aromatic heterocycles. The van der Waals surface area contributed by atoms with E-state index in [4.69, 9.17) is 9.47 Å². The molecule has 1 aliphatic heterocycles. The van der Waals surface area contributed by atoms with Gasteiger partial charge in [0.05, 0.1) is 18.8 Å². The second-order valence-electron chi connectivity index (χ2n) is 6.63. The average Bonchev–Trinajstić information content (AvgIpc) is 2.92. The molecule has 1 aliphatic rings. The number of nitrogens with zero attached hydrogens (tertiary/aromatic N) is 2. The second kappa shape index (κ2) is 6.94. The number of ether oxygens (including phenoxy) is 2. The van der Waals surface area contributed by atoms with Gasteiger partial charge in [-0.05, 0) is 27.2 Å². The molecule has 1 unspecified atom stereocenters. The Kier molecular flexibility index (Phi) is 5.16. The number of amides is 1. The van der Waals surface area contributed by atoms with Crippen LogP contribution in [-0.2, 0) is 4.74 Å². The predicted molar refractivity (Wildman–Crippen MR) is 87.7 cm³/mol. The Hall–Kier alpha value is -2.51. The standard InChI is InChI=1S/C16H23N3O5/c1-16(2,3)24-15(22)18-10-5-6-19(9-10)12-7-13(23-4)17-8-11(12)14(20)21/h7-8,10H,5-6,9H2,1-4H3,(H,18,22)(H,20,21). The van der Waals surface area contributed by atoms with Crippen LogP contribution in [0.5, 0.6) is 5.88 Å². The lowest BCUT2D eigenvalue weighted by atomic mass is 10.2. The Bertz CT molecular complexity index is 627. The van der Waals surface area contributed by atoms with Crippen molar-refractivity contribution in [2.45, 2.75) is 38.8 Å². The maximum Gasteiger partial charge on any atom is 0.407 e. The zero-order chi connectivity index (χ0) is 17.9. The molecule has 8 nitrogen and oxygen atoms in total. The van der Waals surface area contributed by atoms with Crippen molar-refractivity contribution in [2.24, 2.45) is 0 Å². The van der Waals surface area contributed by atoms with Crippen LogP contribution in [0.2, 0.25) is 0 Å². The van der Waals surface area contributed by atoms with Crippen LogP contribution in [0.3, 0.4) is 0 Å². The Morgan fingerprint density at radius 3 is 2.71 bits per heavy atom. The lowest BCUT2D eigenvalue weighted by molar-refractivity contribution is 0.0508. The van der Waals surface area contributed by atoms with E-state index >= 15 is 0 Å². The summed E-state index contributed by atoms with van der Waals surface area (Å²) in [4.78, 5) is 29.1. The second-order valence-corrected chi connectivity index (χ2v) is 6.63. The largest absolute Gasteiger partial charge is 0.481 e. The van der Waals surface area contributed by atoms with E-state index in [1.54, 1.807) is 26.8 Å². The van der Waals surface area contributed by atoms with Crippen LogP contribution < -0.4 is 15.0 Å². The Labute approximate surface area is 140 Å². The van der Waals surface area contributed by atoms with E-state index in [-0.39, 0.29) is 11.6 Å². The van der Waals surface area contributed by atoms with Crippen LogP contribution in [0.25, 0.3) is 0 Å². The molecule has 0 aromatic carbocycles. The highest BCUT2D eigenvalue weighted by Crippen LogP contribution is 2.27. The van der Waals surface area contributed by atoms with E-state index in [0.29, 0.717) is 31.1 Å². The summed E-state index contributed by atoms with van der Waals surface area (Å²) in [5, 5.41) is 12.1. The third-order valence-corrected chi connectivity index (χ3v) is 3.55. The van der Waals surface area contributed by atoms with Crippen LogP contribution >= 0.6 is 0 Å². The number of hydrogen-bond acceptors (Lipinski definition) is 6. The maximum atomic E-state index is 11.9. The molecule has 0 saturated carbocycles. The summed E-state index contributed by atoms with van der Waals surface area (Å²) in [5.41, 5.74) is 0.0775. The summed E-state index contributed by atoms with van der Waals surface area (Å²) < 4.78 is 10.3. The minimum absolute atomic E-state index is 0.105. The van der Waals surface area contributed by atoms with Crippen LogP contribution in [0.4, 0.5) is 10.5 Å². The van der Waals surface area contributed by atoms with E-state index in [1.807, 2.05) is 4.90 Å². The molecule has 1 saturated heterocycles. The fourth-order valence-electron chi connectivity index (χ4n) is 2.54. The summed E-state index contributed by atoms with van der Waals surface area (Å²) in [5.74, 6) is -0.706. The number of carboxylic acid groups (broad SMARTS) is 1. The van der Waals surface area contributed by atoms with Gasteiger partial charge in [-0.15, -0.1) is 0 Å².